The van der Waals surface area contributed by atoms with Crippen LogP contribution in [0.5, 0.6) is 0 Å². The van der Waals surface area contributed by atoms with Crippen LogP contribution in [0.15, 0.2) is 42.5 Å². The number of sulfonamides is 1. The fourth-order valence-electron chi connectivity index (χ4n) is 3.75. The molecule has 1 fully saturated rings. The fourth-order valence-corrected chi connectivity index (χ4v) is 4.91. The summed E-state index contributed by atoms with van der Waals surface area (Å²) in [6.07, 6.45) is -3.62. The van der Waals surface area contributed by atoms with E-state index in [0.29, 0.717) is 11.8 Å². The van der Waals surface area contributed by atoms with Gasteiger partial charge in [0.25, 0.3) is 0 Å². The number of piperazine rings is 1. The topological polar surface area (TPSA) is 60.9 Å². The number of halogens is 5. The van der Waals surface area contributed by atoms with Crippen molar-refractivity contribution < 1.29 is 35.2 Å². The molecule has 2 aromatic carbocycles. The van der Waals surface area contributed by atoms with E-state index in [9.17, 15) is 35.2 Å². The molecule has 1 aliphatic heterocycles. The van der Waals surface area contributed by atoms with Crippen LogP contribution in [-0.2, 0) is 21.0 Å². The molecule has 0 saturated carbocycles. The van der Waals surface area contributed by atoms with E-state index in [2.05, 4.69) is 0 Å². The Morgan fingerprint density at radius 1 is 1.00 bits per heavy atom. The zero-order valence-corrected chi connectivity index (χ0v) is 18.6. The average Bonchev–Trinajstić information content (AvgIpc) is 2.74. The highest BCUT2D eigenvalue weighted by Gasteiger charge is 2.34. The molecule has 1 heterocycles. The van der Waals surface area contributed by atoms with E-state index in [1.54, 1.807) is 11.0 Å². The van der Waals surface area contributed by atoms with E-state index < -0.39 is 45.3 Å². The van der Waals surface area contributed by atoms with Gasteiger partial charge in [-0.2, -0.15) is 13.2 Å². The third-order valence-corrected chi connectivity index (χ3v) is 6.60. The third kappa shape index (κ3) is 5.55. The van der Waals surface area contributed by atoms with Crippen molar-refractivity contribution >= 4 is 27.3 Å². The Kier molecular flexibility index (Phi) is 6.87. The van der Waals surface area contributed by atoms with Crippen LogP contribution in [0.25, 0.3) is 0 Å². The maximum atomic E-state index is 13.7. The molecule has 1 atom stereocenters. The molecule has 0 bridgehead atoms. The Morgan fingerprint density at radius 3 is 2.18 bits per heavy atom. The quantitative estimate of drug-likeness (QED) is 0.601. The van der Waals surface area contributed by atoms with Gasteiger partial charge in [-0.3, -0.25) is 9.10 Å². The van der Waals surface area contributed by atoms with Crippen molar-refractivity contribution in [2.75, 3.05) is 41.6 Å². The number of alkyl halides is 3. The number of rotatable bonds is 5. The summed E-state index contributed by atoms with van der Waals surface area (Å²) in [4.78, 5) is 16.1. The van der Waals surface area contributed by atoms with Crippen LogP contribution in [-0.4, -0.2) is 57.7 Å². The first-order chi connectivity index (χ1) is 15.3. The second-order valence-corrected chi connectivity index (χ2v) is 9.55. The molecule has 1 aliphatic rings. The highest BCUT2D eigenvalue weighted by Crippen LogP contribution is 2.32. The summed E-state index contributed by atoms with van der Waals surface area (Å²) in [5.41, 5.74) is -0.605. The predicted octanol–water partition coefficient (Wildman–Crippen LogP) is 3.49. The lowest BCUT2D eigenvalue weighted by Crippen LogP contribution is -2.55. The van der Waals surface area contributed by atoms with Crippen LogP contribution in [0.3, 0.4) is 0 Å². The maximum absolute atomic E-state index is 13.7. The van der Waals surface area contributed by atoms with Gasteiger partial charge in [0, 0.05) is 37.9 Å². The van der Waals surface area contributed by atoms with Crippen LogP contribution < -0.4 is 9.21 Å². The van der Waals surface area contributed by atoms with E-state index in [1.807, 2.05) is 0 Å². The van der Waals surface area contributed by atoms with Crippen LogP contribution in [0.1, 0.15) is 12.5 Å². The van der Waals surface area contributed by atoms with Crippen LogP contribution in [0, 0.1) is 11.6 Å². The molecule has 0 unspecified atom stereocenters. The summed E-state index contributed by atoms with van der Waals surface area (Å²) >= 11 is 0. The fraction of sp³-hybridized carbons (Fsp3) is 0.381. The number of carbonyl (C=O) groups excluding carboxylic acids is 1. The smallest absolute Gasteiger partial charge is 0.368 e. The lowest BCUT2D eigenvalue weighted by molar-refractivity contribution is -0.137. The van der Waals surface area contributed by atoms with Gasteiger partial charge in [-0.1, -0.05) is 6.07 Å². The summed E-state index contributed by atoms with van der Waals surface area (Å²) in [5, 5.41) is 0. The van der Waals surface area contributed by atoms with Crippen LogP contribution in [0.4, 0.5) is 33.3 Å². The van der Waals surface area contributed by atoms with Gasteiger partial charge in [0.2, 0.25) is 15.9 Å². The molecule has 0 N–H and O–H groups in total. The van der Waals surface area contributed by atoms with Crippen molar-refractivity contribution in [2.24, 2.45) is 0 Å². The van der Waals surface area contributed by atoms with Crippen LogP contribution >= 0.6 is 0 Å². The molecule has 12 heteroatoms. The van der Waals surface area contributed by atoms with Crippen molar-refractivity contribution in [2.45, 2.75) is 19.1 Å². The Labute approximate surface area is 188 Å². The monoisotopic (exact) mass is 491 g/mol. The molecule has 6 nitrogen and oxygen atoms in total. The summed E-state index contributed by atoms with van der Waals surface area (Å²) in [6.45, 7) is 2.11. The summed E-state index contributed by atoms with van der Waals surface area (Å²) in [5.74, 6) is -2.97. The van der Waals surface area contributed by atoms with E-state index in [4.69, 9.17) is 0 Å². The second-order valence-electron chi connectivity index (χ2n) is 7.69. The van der Waals surface area contributed by atoms with E-state index in [1.165, 1.54) is 17.9 Å². The first-order valence-corrected chi connectivity index (χ1v) is 11.8. The molecule has 3 rings (SSSR count). The standard InChI is InChI=1S/C21H22F5N3O3S/c1-14(29(33(2,31)32)17-6-7-18(22)19(23)13-17)20(30)28-10-8-27(9-11-28)16-5-3-4-15(12-16)21(24,25)26/h3-7,12-14H,8-11H2,1-2H3/t14-/m1/s1. The van der Waals surface area contributed by atoms with Gasteiger partial charge in [0.1, 0.15) is 6.04 Å². The number of benzene rings is 2. The van der Waals surface area contributed by atoms with Gasteiger partial charge < -0.3 is 9.80 Å². The number of hydrogen-bond donors (Lipinski definition) is 0. The summed E-state index contributed by atoms with van der Waals surface area (Å²) in [6, 6.07) is 6.16. The van der Waals surface area contributed by atoms with Gasteiger partial charge in [0.15, 0.2) is 11.6 Å². The zero-order chi connectivity index (χ0) is 24.6. The van der Waals surface area contributed by atoms with Gasteiger partial charge in [-0.25, -0.2) is 17.2 Å². The molecular formula is C21H22F5N3O3S. The molecule has 2 aromatic rings. The maximum Gasteiger partial charge on any atom is 0.416 e. The third-order valence-electron chi connectivity index (χ3n) is 5.35. The summed E-state index contributed by atoms with van der Waals surface area (Å²) in [7, 11) is -4.02. The minimum absolute atomic E-state index is 0.148. The number of carbonyl (C=O) groups is 1. The van der Waals surface area contributed by atoms with Crippen LogP contribution in [0.2, 0.25) is 0 Å². The van der Waals surface area contributed by atoms with E-state index in [0.717, 1.165) is 34.8 Å². The van der Waals surface area contributed by atoms with Gasteiger partial charge in [-0.05, 0) is 37.3 Å². The molecule has 33 heavy (non-hydrogen) atoms. The highest BCUT2D eigenvalue weighted by molar-refractivity contribution is 7.92. The minimum Gasteiger partial charge on any atom is -0.368 e. The SMILES string of the molecule is C[C@H](C(=O)N1CCN(c2cccc(C(F)(F)F)c2)CC1)N(c1ccc(F)c(F)c1)S(C)(=O)=O. The largest absolute Gasteiger partial charge is 0.416 e. The Balaban J connectivity index is 1.74. The number of nitrogens with zero attached hydrogens (tertiary/aromatic N) is 3. The first-order valence-electron chi connectivity index (χ1n) is 9.94. The molecule has 1 amide bonds. The number of amides is 1. The van der Waals surface area contributed by atoms with Crippen molar-refractivity contribution in [3.63, 3.8) is 0 Å². The Bertz CT molecular complexity index is 1130. The molecule has 0 radical (unpaired) electrons. The van der Waals surface area contributed by atoms with Gasteiger partial charge in [-0.15, -0.1) is 0 Å². The average molecular weight is 491 g/mol. The molecule has 1 saturated heterocycles. The van der Waals surface area contributed by atoms with E-state index >= 15 is 0 Å². The zero-order valence-electron chi connectivity index (χ0n) is 17.8. The first kappa shape index (κ1) is 24.7. The molecular weight excluding hydrogens is 469 g/mol. The molecule has 0 spiro atoms. The van der Waals surface area contributed by atoms with Crippen molar-refractivity contribution in [3.8, 4) is 0 Å². The molecule has 180 valence electrons. The lowest BCUT2D eigenvalue weighted by atomic mass is 10.1. The van der Waals surface area contributed by atoms with E-state index in [-0.39, 0.29) is 31.9 Å². The Morgan fingerprint density at radius 2 is 1.64 bits per heavy atom. The van der Waals surface area contributed by atoms with Crippen molar-refractivity contribution in [3.05, 3.63) is 59.7 Å². The lowest BCUT2D eigenvalue weighted by Gasteiger charge is -2.39. The van der Waals surface area contributed by atoms with Crippen molar-refractivity contribution in [1.82, 2.24) is 4.90 Å². The molecule has 0 aliphatic carbocycles. The summed E-state index contributed by atoms with van der Waals surface area (Å²) < 4.78 is 91.3. The van der Waals surface area contributed by atoms with Crippen molar-refractivity contribution in [1.29, 1.82) is 0 Å². The normalized spacial score (nSPS) is 16.0. The van der Waals surface area contributed by atoms with Gasteiger partial charge in [0.05, 0.1) is 17.5 Å². The molecule has 0 aromatic heterocycles. The minimum atomic E-state index is -4.47. The highest BCUT2D eigenvalue weighted by atomic mass is 32.2. The number of anilines is 2. The number of hydrogen-bond acceptors (Lipinski definition) is 4. The second kappa shape index (κ2) is 9.16. The van der Waals surface area contributed by atoms with Gasteiger partial charge >= 0.3 is 6.18 Å². The predicted molar refractivity (Wildman–Crippen MR) is 113 cm³/mol. The Hall–Kier alpha value is -2.89.